The second kappa shape index (κ2) is 11.6. The standard InChI is InChI=1S/C30H35N5O4/c1-20-14-16-21(17-15-20)18-34(26(36)19-35-24-12-8-7-11-23(24)32-33-35)27(29(37)31-30(2,3)4)22-10-9-13-25(38-5)28(22)39-6/h7-17,27H,18-19H2,1-6H3,(H,31,37)/t27-/m0/s1. The number of carbonyl (C=O) groups excluding carboxylic acids is 2. The lowest BCUT2D eigenvalue weighted by Gasteiger charge is -2.34. The Morgan fingerprint density at radius 2 is 1.69 bits per heavy atom. The summed E-state index contributed by atoms with van der Waals surface area (Å²) in [7, 11) is 3.06. The topological polar surface area (TPSA) is 98.6 Å². The first-order valence-corrected chi connectivity index (χ1v) is 12.8. The fourth-order valence-electron chi connectivity index (χ4n) is 4.48. The van der Waals surface area contributed by atoms with Crippen molar-refractivity contribution in [3.63, 3.8) is 0 Å². The van der Waals surface area contributed by atoms with E-state index in [0.717, 1.165) is 16.6 Å². The van der Waals surface area contributed by atoms with Crippen LogP contribution in [0.15, 0.2) is 66.7 Å². The quantitative estimate of drug-likeness (QED) is 0.344. The minimum atomic E-state index is -1.02. The summed E-state index contributed by atoms with van der Waals surface area (Å²) in [6.07, 6.45) is 0. The Morgan fingerprint density at radius 1 is 0.974 bits per heavy atom. The average Bonchev–Trinajstić information content (AvgIpc) is 3.30. The van der Waals surface area contributed by atoms with E-state index >= 15 is 0 Å². The maximum Gasteiger partial charge on any atom is 0.248 e. The van der Waals surface area contributed by atoms with Crippen LogP contribution in [0.4, 0.5) is 0 Å². The van der Waals surface area contributed by atoms with Gasteiger partial charge in [0.1, 0.15) is 18.1 Å². The molecule has 1 aromatic heterocycles. The highest BCUT2D eigenvalue weighted by Crippen LogP contribution is 2.38. The fraction of sp³-hybridized carbons (Fsp3) is 0.333. The number of methoxy groups -OCH3 is 2. The van der Waals surface area contributed by atoms with Gasteiger partial charge in [-0.1, -0.05) is 59.3 Å². The Balaban J connectivity index is 1.84. The van der Waals surface area contributed by atoms with E-state index in [2.05, 4.69) is 15.6 Å². The molecule has 0 spiro atoms. The summed E-state index contributed by atoms with van der Waals surface area (Å²) in [5, 5.41) is 11.5. The summed E-state index contributed by atoms with van der Waals surface area (Å²) in [5.41, 5.74) is 3.38. The zero-order valence-corrected chi connectivity index (χ0v) is 23.3. The number of rotatable bonds is 9. The van der Waals surface area contributed by atoms with E-state index in [1.807, 2.05) is 76.2 Å². The first-order valence-electron chi connectivity index (χ1n) is 12.8. The SMILES string of the molecule is COc1cccc([C@@H](C(=O)NC(C)(C)C)N(Cc2ccc(C)cc2)C(=O)Cn2nnc3ccccc32)c1OC. The third kappa shape index (κ3) is 6.37. The van der Waals surface area contributed by atoms with Gasteiger partial charge in [-0.3, -0.25) is 9.59 Å². The number of benzene rings is 3. The van der Waals surface area contributed by atoms with Crippen LogP contribution in [0.3, 0.4) is 0 Å². The van der Waals surface area contributed by atoms with Crippen LogP contribution in [0.5, 0.6) is 11.5 Å². The van der Waals surface area contributed by atoms with Crippen LogP contribution in [-0.4, -0.2) is 51.5 Å². The summed E-state index contributed by atoms with van der Waals surface area (Å²) < 4.78 is 12.8. The van der Waals surface area contributed by atoms with E-state index in [9.17, 15) is 9.59 Å². The molecule has 9 nitrogen and oxygen atoms in total. The molecule has 0 aliphatic heterocycles. The van der Waals surface area contributed by atoms with Crippen LogP contribution in [0.25, 0.3) is 11.0 Å². The Hall–Kier alpha value is -4.40. The van der Waals surface area contributed by atoms with Crippen LogP contribution in [-0.2, 0) is 22.7 Å². The summed E-state index contributed by atoms with van der Waals surface area (Å²) in [6, 6.07) is 19.7. The second-order valence-corrected chi connectivity index (χ2v) is 10.5. The molecule has 0 saturated carbocycles. The average molecular weight is 530 g/mol. The number of aryl methyl sites for hydroxylation is 1. The molecule has 1 atom stereocenters. The van der Waals surface area contributed by atoms with Gasteiger partial charge in [0, 0.05) is 17.6 Å². The van der Waals surface area contributed by atoms with Crippen LogP contribution >= 0.6 is 0 Å². The fourth-order valence-corrected chi connectivity index (χ4v) is 4.48. The second-order valence-electron chi connectivity index (χ2n) is 10.5. The number of carbonyl (C=O) groups is 2. The lowest BCUT2D eigenvalue weighted by molar-refractivity contribution is -0.142. The molecule has 2 amide bonds. The van der Waals surface area contributed by atoms with E-state index in [1.165, 1.54) is 14.2 Å². The van der Waals surface area contributed by atoms with E-state index in [1.54, 1.807) is 27.8 Å². The summed E-state index contributed by atoms with van der Waals surface area (Å²) in [6.45, 7) is 7.80. The molecular weight excluding hydrogens is 494 g/mol. The molecule has 0 radical (unpaired) electrons. The van der Waals surface area contributed by atoms with Gasteiger partial charge in [0.25, 0.3) is 0 Å². The van der Waals surface area contributed by atoms with Gasteiger partial charge in [-0.2, -0.15) is 0 Å². The van der Waals surface area contributed by atoms with Crippen molar-refractivity contribution >= 4 is 22.8 Å². The van der Waals surface area contributed by atoms with Crippen molar-refractivity contribution in [3.8, 4) is 11.5 Å². The van der Waals surface area contributed by atoms with Crippen molar-refractivity contribution in [2.75, 3.05) is 14.2 Å². The third-order valence-electron chi connectivity index (χ3n) is 6.29. The number of aromatic nitrogens is 3. The van der Waals surface area contributed by atoms with Crippen molar-refractivity contribution < 1.29 is 19.1 Å². The molecule has 0 bridgehead atoms. The molecule has 4 aromatic rings. The van der Waals surface area contributed by atoms with Crippen molar-refractivity contribution in [2.24, 2.45) is 0 Å². The van der Waals surface area contributed by atoms with Gasteiger partial charge in [0.15, 0.2) is 11.5 Å². The van der Waals surface area contributed by atoms with Gasteiger partial charge >= 0.3 is 0 Å². The van der Waals surface area contributed by atoms with Crippen molar-refractivity contribution in [3.05, 3.63) is 83.4 Å². The van der Waals surface area contributed by atoms with Crippen LogP contribution in [0.1, 0.15) is 43.5 Å². The van der Waals surface area contributed by atoms with E-state index in [0.29, 0.717) is 22.6 Å². The number of nitrogens with zero attached hydrogens (tertiary/aromatic N) is 4. The molecule has 0 fully saturated rings. The van der Waals surface area contributed by atoms with Crippen LogP contribution in [0, 0.1) is 6.92 Å². The van der Waals surface area contributed by atoms with Gasteiger partial charge in [-0.15, -0.1) is 5.10 Å². The molecule has 0 unspecified atom stereocenters. The molecule has 0 aliphatic carbocycles. The molecule has 4 rings (SSSR count). The first-order chi connectivity index (χ1) is 18.6. The highest BCUT2D eigenvalue weighted by atomic mass is 16.5. The molecule has 0 saturated heterocycles. The lowest BCUT2D eigenvalue weighted by atomic mass is 9.99. The maximum absolute atomic E-state index is 14.1. The van der Waals surface area contributed by atoms with Crippen LogP contribution < -0.4 is 14.8 Å². The largest absolute Gasteiger partial charge is 0.493 e. The van der Waals surface area contributed by atoms with E-state index in [4.69, 9.17) is 9.47 Å². The Morgan fingerprint density at radius 3 is 2.36 bits per heavy atom. The number of amides is 2. The molecule has 3 aromatic carbocycles. The third-order valence-corrected chi connectivity index (χ3v) is 6.29. The zero-order chi connectivity index (χ0) is 28.2. The predicted octanol–water partition coefficient (Wildman–Crippen LogP) is 4.44. The highest BCUT2D eigenvalue weighted by molar-refractivity contribution is 5.90. The molecule has 204 valence electrons. The van der Waals surface area contributed by atoms with Crippen LogP contribution in [0.2, 0.25) is 0 Å². The van der Waals surface area contributed by atoms with Gasteiger partial charge in [0.2, 0.25) is 11.8 Å². The minimum Gasteiger partial charge on any atom is -0.493 e. The monoisotopic (exact) mass is 529 g/mol. The number of ether oxygens (including phenoxy) is 2. The number of para-hydroxylation sites is 2. The Bertz CT molecular complexity index is 1460. The molecule has 1 N–H and O–H groups in total. The molecule has 9 heteroatoms. The molecule has 39 heavy (non-hydrogen) atoms. The molecular formula is C30H35N5O4. The normalized spacial score (nSPS) is 12.2. The number of hydrogen-bond donors (Lipinski definition) is 1. The van der Waals surface area contributed by atoms with Gasteiger partial charge in [0.05, 0.1) is 19.7 Å². The lowest BCUT2D eigenvalue weighted by Crippen LogP contribution is -2.49. The van der Waals surface area contributed by atoms with Crippen molar-refractivity contribution in [2.45, 2.75) is 52.4 Å². The van der Waals surface area contributed by atoms with Gasteiger partial charge in [-0.05, 0) is 51.5 Å². The zero-order valence-electron chi connectivity index (χ0n) is 23.3. The summed E-state index contributed by atoms with van der Waals surface area (Å²) in [5.74, 6) is 0.221. The predicted molar refractivity (Wildman–Crippen MR) is 149 cm³/mol. The molecule has 0 aliphatic rings. The van der Waals surface area contributed by atoms with E-state index in [-0.39, 0.29) is 24.9 Å². The summed E-state index contributed by atoms with van der Waals surface area (Å²) in [4.78, 5) is 29.7. The maximum atomic E-state index is 14.1. The minimum absolute atomic E-state index is 0.0992. The van der Waals surface area contributed by atoms with Crippen molar-refractivity contribution in [1.82, 2.24) is 25.2 Å². The highest BCUT2D eigenvalue weighted by Gasteiger charge is 2.36. The summed E-state index contributed by atoms with van der Waals surface area (Å²) >= 11 is 0. The first kappa shape index (κ1) is 27.6. The Labute approximate surface area is 228 Å². The van der Waals surface area contributed by atoms with Gasteiger partial charge in [-0.25, -0.2) is 4.68 Å². The molecule has 1 heterocycles. The Kier molecular flexibility index (Phi) is 8.18. The number of nitrogens with one attached hydrogen (secondary N) is 1. The number of hydrogen-bond acceptors (Lipinski definition) is 6. The van der Waals surface area contributed by atoms with E-state index < -0.39 is 11.6 Å². The van der Waals surface area contributed by atoms with Crippen molar-refractivity contribution in [1.29, 1.82) is 0 Å². The van der Waals surface area contributed by atoms with Gasteiger partial charge < -0.3 is 19.7 Å². The smallest absolute Gasteiger partial charge is 0.248 e. The number of fused-ring (bicyclic) bond motifs is 1.